The average Bonchev–Trinajstić information content (AvgIpc) is 3.78. The molecule has 3 aromatic rings. The molecule has 288 valence electrons. The molecule has 1 aromatic carbocycles. The van der Waals surface area contributed by atoms with Crippen molar-refractivity contribution < 1.29 is 43.2 Å². The van der Waals surface area contributed by atoms with Gasteiger partial charge in [0, 0.05) is 29.2 Å². The first-order valence-electron chi connectivity index (χ1n) is 17.9. The van der Waals surface area contributed by atoms with Crippen LogP contribution in [0.4, 0.5) is 4.79 Å². The van der Waals surface area contributed by atoms with Gasteiger partial charge in [0.15, 0.2) is 0 Å². The molecule has 8 atom stereocenters. The summed E-state index contributed by atoms with van der Waals surface area (Å²) in [5.41, 5.74) is -0.973. The number of pyridine rings is 1. The van der Waals surface area contributed by atoms with Gasteiger partial charge in [-0.15, -0.1) is 6.58 Å². The molecule has 3 amide bonds. The summed E-state index contributed by atoms with van der Waals surface area (Å²) in [5, 5.41) is 18.6. The van der Waals surface area contributed by atoms with Gasteiger partial charge in [-0.2, -0.15) is 0 Å². The third-order valence-electron chi connectivity index (χ3n) is 11.0. The lowest BCUT2D eigenvalue weighted by Gasteiger charge is -2.35. The standard InChI is InChI=1S/C38H44ClN5O9S/c1-7-20-15-38(20,34(47)48)43-32(45)26-13-22(16-44(26)33(46)31(37(2,3)4)42-35(49)53-21-11-18-10-19(18)12-21)52-28-14-24(25-17-54-36(41-25)51-6)40-30-23(28)8-9-27(50-5)29(30)39/h7-9,14,17-22,26,31H,1,10-13,15-16H2,2-6H3,(H,42,49)(H,43,45)(H,47,48)/t18-,19+,20-,21?,22-,26+,31?,38-/m1/s1. The molecule has 54 heavy (non-hydrogen) atoms. The number of thiazole rings is 1. The van der Waals surface area contributed by atoms with Crippen LogP contribution in [0, 0.1) is 23.2 Å². The minimum atomic E-state index is -1.53. The van der Waals surface area contributed by atoms with Crippen molar-refractivity contribution >= 4 is 57.7 Å². The number of halogens is 1. The molecule has 16 heteroatoms. The van der Waals surface area contributed by atoms with Gasteiger partial charge in [0.1, 0.15) is 52.0 Å². The summed E-state index contributed by atoms with van der Waals surface area (Å²) in [6, 6.07) is 2.95. The second-order valence-corrected chi connectivity index (χ2v) is 16.9. The highest BCUT2D eigenvalue weighted by atomic mass is 35.5. The Bertz CT molecular complexity index is 2010. The number of rotatable bonds is 12. The Morgan fingerprint density at radius 3 is 2.41 bits per heavy atom. The van der Waals surface area contributed by atoms with Crippen molar-refractivity contribution in [3.63, 3.8) is 0 Å². The number of hydrogen-bond donors (Lipinski definition) is 3. The highest BCUT2D eigenvalue weighted by Crippen LogP contribution is 2.52. The molecule has 4 fully saturated rings. The Labute approximate surface area is 321 Å². The zero-order valence-electron chi connectivity index (χ0n) is 30.7. The van der Waals surface area contributed by atoms with E-state index < -0.39 is 58.9 Å². The highest BCUT2D eigenvalue weighted by molar-refractivity contribution is 7.11. The summed E-state index contributed by atoms with van der Waals surface area (Å²) in [6.45, 7) is 9.11. The smallest absolute Gasteiger partial charge is 0.408 e. The summed E-state index contributed by atoms with van der Waals surface area (Å²) >= 11 is 8.05. The summed E-state index contributed by atoms with van der Waals surface area (Å²) in [4.78, 5) is 64.9. The summed E-state index contributed by atoms with van der Waals surface area (Å²) in [6.07, 6.45) is 2.86. The van der Waals surface area contributed by atoms with E-state index in [1.165, 1.54) is 43.0 Å². The summed E-state index contributed by atoms with van der Waals surface area (Å²) in [7, 11) is 3.02. The molecule has 3 heterocycles. The van der Waals surface area contributed by atoms with E-state index in [9.17, 15) is 24.3 Å². The zero-order valence-corrected chi connectivity index (χ0v) is 32.3. The van der Waals surface area contributed by atoms with E-state index in [1.54, 1.807) is 23.6 Å². The van der Waals surface area contributed by atoms with E-state index in [-0.39, 0.29) is 30.5 Å². The van der Waals surface area contributed by atoms with Gasteiger partial charge in [0.25, 0.3) is 5.19 Å². The van der Waals surface area contributed by atoms with Crippen LogP contribution in [0.2, 0.25) is 5.02 Å². The van der Waals surface area contributed by atoms with Gasteiger partial charge >= 0.3 is 12.1 Å². The van der Waals surface area contributed by atoms with Crippen molar-refractivity contribution in [2.75, 3.05) is 20.8 Å². The van der Waals surface area contributed by atoms with Crippen LogP contribution >= 0.6 is 22.9 Å². The molecule has 1 saturated heterocycles. The Morgan fingerprint density at radius 1 is 1.06 bits per heavy atom. The molecule has 4 aliphatic rings. The molecule has 0 bridgehead atoms. The molecule has 14 nitrogen and oxygen atoms in total. The average molecular weight is 782 g/mol. The molecular weight excluding hydrogens is 738 g/mol. The predicted octanol–water partition coefficient (Wildman–Crippen LogP) is 5.46. The Morgan fingerprint density at radius 2 is 1.80 bits per heavy atom. The number of fused-ring (bicyclic) bond motifs is 2. The first-order valence-corrected chi connectivity index (χ1v) is 19.2. The topological polar surface area (TPSA) is 179 Å². The van der Waals surface area contributed by atoms with Crippen LogP contribution in [0.5, 0.6) is 16.7 Å². The second-order valence-electron chi connectivity index (χ2n) is 15.7. The van der Waals surface area contributed by atoms with Gasteiger partial charge in [0.2, 0.25) is 11.8 Å². The number of aliphatic carboxylic acids is 1. The zero-order chi connectivity index (χ0) is 38.7. The molecule has 2 unspecified atom stereocenters. The first-order chi connectivity index (χ1) is 25.6. The maximum absolute atomic E-state index is 14.6. The maximum atomic E-state index is 14.6. The van der Waals surface area contributed by atoms with E-state index in [2.05, 4.69) is 22.2 Å². The van der Waals surface area contributed by atoms with Crippen LogP contribution in [0.15, 0.2) is 36.2 Å². The molecule has 2 aromatic heterocycles. The molecule has 3 N–H and O–H groups in total. The van der Waals surface area contributed by atoms with Crippen LogP contribution in [0.25, 0.3) is 22.3 Å². The molecule has 1 aliphatic heterocycles. The fourth-order valence-electron chi connectivity index (χ4n) is 7.81. The van der Waals surface area contributed by atoms with Crippen LogP contribution in [0.1, 0.15) is 52.9 Å². The molecule has 3 saturated carbocycles. The van der Waals surface area contributed by atoms with Gasteiger partial charge in [-0.25, -0.2) is 19.6 Å². The molecule has 3 aliphatic carbocycles. The number of carboxylic acid groups (broad SMARTS) is 1. The lowest BCUT2D eigenvalue weighted by atomic mass is 9.85. The van der Waals surface area contributed by atoms with E-state index in [0.717, 1.165) is 12.8 Å². The number of likely N-dealkylation sites (tertiary alicyclic amines) is 1. The normalized spacial score (nSPS) is 27.4. The van der Waals surface area contributed by atoms with Crippen molar-refractivity contribution in [1.29, 1.82) is 0 Å². The number of amides is 3. The second kappa shape index (κ2) is 14.2. The van der Waals surface area contributed by atoms with Crippen LogP contribution in [0.3, 0.4) is 0 Å². The number of carbonyl (C=O) groups is 4. The molecule has 0 radical (unpaired) electrons. The number of nitrogens with zero attached hydrogens (tertiary/aromatic N) is 3. The highest BCUT2D eigenvalue weighted by Gasteiger charge is 2.61. The van der Waals surface area contributed by atoms with Gasteiger partial charge in [-0.3, -0.25) is 9.59 Å². The minimum absolute atomic E-state index is 0.0196. The first kappa shape index (κ1) is 37.7. The Balaban J connectivity index is 1.20. The van der Waals surface area contributed by atoms with Gasteiger partial charge in [-0.05, 0) is 55.1 Å². The third-order valence-corrected chi connectivity index (χ3v) is 12.2. The van der Waals surface area contributed by atoms with Crippen molar-refractivity contribution in [3.05, 3.63) is 41.3 Å². The molecular formula is C38H44ClN5O9S. The number of alkyl carbamates (subject to hydrolysis) is 1. The van der Waals surface area contributed by atoms with Gasteiger partial charge < -0.3 is 39.6 Å². The lowest BCUT2D eigenvalue weighted by molar-refractivity contribution is -0.146. The number of benzene rings is 1. The van der Waals surface area contributed by atoms with Gasteiger partial charge in [-0.1, -0.05) is 49.8 Å². The summed E-state index contributed by atoms with van der Waals surface area (Å²) in [5.74, 6) is -0.866. The van der Waals surface area contributed by atoms with E-state index in [0.29, 0.717) is 50.8 Å². The third kappa shape index (κ3) is 7.15. The van der Waals surface area contributed by atoms with E-state index in [4.69, 9.17) is 35.5 Å². The Kier molecular flexibility index (Phi) is 9.92. The lowest BCUT2D eigenvalue weighted by Crippen LogP contribution is -2.59. The predicted molar refractivity (Wildman–Crippen MR) is 200 cm³/mol. The number of carboxylic acids is 1. The fraction of sp³-hybridized carbons (Fsp3) is 0.526. The van der Waals surface area contributed by atoms with E-state index >= 15 is 0 Å². The van der Waals surface area contributed by atoms with Crippen LogP contribution in [-0.4, -0.2) is 94.4 Å². The number of nitrogens with one attached hydrogen (secondary N) is 2. The number of carbonyl (C=O) groups excluding carboxylic acids is 3. The maximum Gasteiger partial charge on any atom is 0.408 e. The largest absolute Gasteiger partial charge is 0.495 e. The van der Waals surface area contributed by atoms with E-state index in [1.807, 2.05) is 20.8 Å². The number of aromatic nitrogens is 2. The quantitative estimate of drug-likeness (QED) is 0.199. The van der Waals surface area contributed by atoms with Crippen molar-refractivity contribution in [1.82, 2.24) is 25.5 Å². The molecule has 0 spiro atoms. The Hall–Kier alpha value is -4.63. The molecule has 7 rings (SSSR count). The number of ether oxygens (including phenoxy) is 4. The van der Waals surface area contributed by atoms with Crippen LogP contribution in [-0.2, 0) is 19.1 Å². The number of hydrogen-bond acceptors (Lipinski definition) is 11. The van der Waals surface area contributed by atoms with Crippen molar-refractivity contribution in [2.24, 2.45) is 23.2 Å². The minimum Gasteiger partial charge on any atom is -0.495 e. The van der Waals surface area contributed by atoms with Crippen molar-refractivity contribution in [2.45, 2.75) is 82.7 Å². The summed E-state index contributed by atoms with van der Waals surface area (Å²) < 4.78 is 23.1. The van der Waals surface area contributed by atoms with Crippen molar-refractivity contribution in [3.8, 4) is 28.1 Å². The van der Waals surface area contributed by atoms with Gasteiger partial charge in [0.05, 0.1) is 32.0 Å². The fourth-order valence-corrected chi connectivity index (χ4v) is 8.73. The van der Waals surface area contributed by atoms with Crippen LogP contribution < -0.4 is 24.8 Å². The SMILES string of the molecule is C=C[C@@H]1C[C@]1(NC(=O)[C@@H]1C[C@@H](Oc2cc(-c3csc(OC)n3)nc3c(Cl)c(OC)ccc23)CN1C(=O)C(NC(=O)OC1C[C@@H]2C[C@@H]2C1)C(C)(C)C)C(=O)O. The monoisotopic (exact) mass is 781 g/mol. The number of methoxy groups -OCH3 is 2.